The van der Waals surface area contributed by atoms with Crippen LogP contribution in [0.4, 0.5) is 0 Å². The molecule has 0 aliphatic heterocycles. The maximum Gasteiger partial charge on any atom is 0.0545 e. The van der Waals surface area contributed by atoms with Gasteiger partial charge in [-0.1, -0.05) is 20.8 Å². The number of hydrogen-bond acceptors (Lipinski definition) is 1. The molecular formula is C9H18O. The monoisotopic (exact) mass is 142 g/mol. The van der Waals surface area contributed by atoms with Gasteiger partial charge in [0.25, 0.3) is 0 Å². The Kier molecular flexibility index (Phi) is 2.04. The van der Waals surface area contributed by atoms with E-state index >= 15 is 0 Å². The van der Waals surface area contributed by atoms with Gasteiger partial charge in [0.15, 0.2) is 0 Å². The fraction of sp³-hybridized carbons (Fsp3) is 1.00. The lowest BCUT2D eigenvalue weighted by atomic mass is 9.78. The normalized spacial score (nSPS) is 41.1. The van der Waals surface area contributed by atoms with Gasteiger partial charge in [0.1, 0.15) is 0 Å². The number of aliphatic hydroxyl groups is 1. The van der Waals surface area contributed by atoms with Crippen molar-refractivity contribution in [2.75, 3.05) is 0 Å². The van der Waals surface area contributed by atoms with Gasteiger partial charge in [0.2, 0.25) is 0 Å². The largest absolute Gasteiger partial charge is 0.393 e. The van der Waals surface area contributed by atoms with Gasteiger partial charge in [-0.05, 0) is 30.6 Å². The SMILES string of the molecule is CC(C)C1(C)CCC(O)C1. The van der Waals surface area contributed by atoms with E-state index in [1.807, 2.05) is 0 Å². The van der Waals surface area contributed by atoms with Crippen LogP contribution in [0.1, 0.15) is 40.0 Å². The Balaban J connectivity index is 2.54. The van der Waals surface area contributed by atoms with Crippen molar-refractivity contribution < 1.29 is 5.11 Å². The maximum absolute atomic E-state index is 9.31. The molecular weight excluding hydrogens is 124 g/mol. The van der Waals surface area contributed by atoms with Crippen LogP contribution in [-0.2, 0) is 0 Å². The van der Waals surface area contributed by atoms with Crippen molar-refractivity contribution in [2.24, 2.45) is 11.3 Å². The van der Waals surface area contributed by atoms with Crippen molar-refractivity contribution >= 4 is 0 Å². The third kappa shape index (κ3) is 1.34. The van der Waals surface area contributed by atoms with Crippen LogP contribution < -0.4 is 0 Å². The summed E-state index contributed by atoms with van der Waals surface area (Å²) < 4.78 is 0. The number of rotatable bonds is 1. The van der Waals surface area contributed by atoms with E-state index in [2.05, 4.69) is 20.8 Å². The molecule has 0 aromatic heterocycles. The van der Waals surface area contributed by atoms with Crippen molar-refractivity contribution in [1.82, 2.24) is 0 Å². The summed E-state index contributed by atoms with van der Waals surface area (Å²) >= 11 is 0. The highest BCUT2D eigenvalue weighted by Gasteiger charge is 2.36. The molecule has 1 aliphatic rings. The maximum atomic E-state index is 9.31. The second-order valence-corrected chi connectivity index (χ2v) is 4.21. The third-order valence-electron chi connectivity index (χ3n) is 3.14. The van der Waals surface area contributed by atoms with Gasteiger partial charge in [-0.2, -0.15) is 0 Å². The number of aliphatic hydroxyl groups excluding tert-OH is 1. The molecule has 1 rings (SSSR count). The standard InChI is InChI=1S/C9H18O/c1-7(2)9(3)5-4-8(10)6-9/h7-8,10H,4-6H2,1-3H3. The zero-order valence-electron chi connectivity index (χ0n) is 7.22. The number of hydrogen-bond donors (Lipinski definition) is 1. The lowest BCUT2D eigenvalue weighted by molar-refractivity contribution is 0.144. The van der Waals surface area contributed by atoms with Crippen molar-refractivity contribution in [3.05, 3.63) is 0 Å². The molecule has 0 aromatic rings. The van der Waals surface area contributed by atoms with Gasteiger partial charge in [0, 0.05) is 0 Å². The lowest BCUT2D eigenvalue weighted by Crippen LogP contribution is -2.20. The quantitative estimate of drug-likeness (QED) is 0.595. The first-order valence-electron chi connectivity index (χ1n) is 4.23. The van der Waals surface area contributed by atoms with Gasteiger partial charge in [-0.3, -0.25) is 0 Å². The van der Waals surface area contributed by atoms with E-state index in [-0.39, 0.29) is 6.10 Å². The van der Waals surface area contributed by atoms with Crippen molar-refractivity contribution in [1.29, 1.82) is 0 Å². The van der Waals surface area contributed by atoms with E-state index in [1.54, 1.807) is 0 Å². The summed E-state index contributed by atoms with van der Waals surface area (Å²) in [6, 6.07) is 0. The molecule has 0 aromatic carbocycles. The smallest absolute Gasteiger partial charge is 0.0545 e. The molecule has 1 fully saturated rings. The highest BCUT2D eigenvalue weighted by molar-refractivity contribution is 4.87. The zero-order chi connectivity index (χ0) is 7.78. The molecule has 1 aliphatic carbocycles. The predicted molar refractivity (Wildman–Crippen MR) is 42.8 cm³/mol. The minimum Gasteiger partial charge on any atom is -0.393 e. The fourth-order valence-electron chi connectivity index (χ4n) is 1.76. The van der Waals surface area contributed by atoms with Crippen molar-refractivity contribution in [3.63, 3.8) is 0 Å². The van der Waals surface area contributed by atoms with Crippen molar-refractivity contribution in [3.8, 4) is 0 Å². The summed E-state index contributed by atoms with van der Waals surface area (Å²) in [7, 11) is 0. The second-order valence-electron chi connectivity index (χ2n) is 4.21. The van der Waals surface area contributed by atoms with Crippen LogP contribution in [0.25, 0.3) is 0 Å². The van der Waals surface area contributed by atoms with Crippen LogP contribution in [0.5, 0.6) is 0 Å². The van der Waals surface area contributed by atoms with E-state index < -0.39 is 0 Å². The Morgan fingerprint density at radius 1 is 1.50 bits per heavy atom. The molecule has 1 nitrogen and oxygen atoms in total. The molecule has 0 spiro atoms. The molecule has 0 bridgehead atoms. The summed E-state index contributed by atoms with van der Waals surface area (Å²) in [5.74, 6) is 0.713. The van der Waals surface area contributed by atoms with Gasteiger partial charge >= 0.3 is 0 Å². The average molecular weight is 142 g/mol. The Hall–Kier alpha value is -0.0400. The highest BCUT2D eigenvalue weighted by atomic mass is 16.3. The van der Waals surface area contributed by atoms with Crippen LogP contribution in [0.2, 0.25) is 0 Å². The van der Waals surface area contributed by atoms with Crippen LogP contribution in [0.15, 0.2) is 0 Å². The Morgan fingerprint density at radius 2 is 2.10 bits per heavy atom. The molecule has 1 heteroatoms. The first-order chi connectivity index (χ1) is 4.54. The lowest BCUT2D eigenvalue weighted by Gasteiger charge is -2.28. The highest BCUT2D eigenvalue weighted by Crippen LogP contribution is 2.43. The topological polar surface area (TPSA) is 20.2 Å². The van der Waals surface area contributed by atoms with Gasteiger partial charge < -0.3 is 5.11 Å². The summed E-state index contributed by atoms with van der Waals surface area (Å²) in [5, 5.41) is 9.31. The fourth-order valence-corrected chi connectivity index (χ4v) is 1.76. The van der Waals surface area contributed by atoms with E-state index in [9.17, 15) is 5.11 Å². The van der Waals surface area contributed by atoms with E-state index in [0.717, 1.165) is 12.8 Å². The molecule has 0 radical (unpaired) electrons. The van der Waals surface area contributed by atoms with E-state index in [0.29, 0.717) is 11.3 Å². The molecule has 0 heterocycles. The molecule has 2 atom stereocenters. The predicted octanol–water partition coefficient (Wildman–Crippen LogP) is 2.19. The molecule has 0 amide bonds. The minimum absolute atomic E-state index is 0.0209. The molecule has 1 N–H and O–H groups in total. The van der Waals surface area contributed by atoms with E-state index in [4.69, 9.17) is 0 Å². The van der Waals surface area contributed by atoms with Crippen LogP contribution in [0.3, 0.4) is 0 Å². The molecule has 60 valence electrons. The summed E-state index contributed by atoms with van der Waals surface area (Å²) in [5.41, 5.74) is 0.416. The first kappa shape index (κ1) is 8.06. The molecule has 0 saturated heterocycles. The minimum atomic E-state index is -0.0209. The Labute approximate surface area is 63.4 Å². The van der Waals surface area contributed by atoms with Crippen LogP contribution >= 0.6 is 0 Å². The Bertz CT molecular complexity index is 120. The van der Waals surface area contributed by atoms with Gasteiger partial charge in [-0.25, -0.2) is 0 Å². The Morgan fingerprint density at radius 3 is 2.30 bits per heavy atom. The zero-order valence-corrected chi connectivity index (χ0v) is 7.22. The summed E-state index contributed by atoms with van der Waals surface area (Å²) in [4.78, 5) is 0. The van der Waals surface area contributed by atoms with Gasteiger partial charge in [0.05, 0.1) is 6.10 Å². The van der Waals surface area contributed by atoms with E-state index in [1.165, 1.54) is 6.42 Å². The van der Waals surface area contributed by atoms with Crippen LogP contribution in [-0.4, -0.2) is 11.2 Å². The van der Waals surface area contributed by atoms with Crippen LogP contribution in [0, 0.1) is 11.3 Å². The summed E-state index contributed by atoms with van der Waals surface area (Å²) in [6.07, 6.45) is 3.19. The third-order valence-corrected chi connectivity index (χ3v) is 3.14. The first-order valence-corrected chi connectivity index (χ1v) is 4.23. The molecule has 2 unspecified atom stereocenters. The van der Waals surface area contributed by atoms with Gasteiger partial charge in [-0.15, -0.1) is 0 Å². The molecule has 1 saturated carbocycles. The van der Waals surface area contributed by atoms with Crippen molar-refractivity contribution in [2.45, 2.75) is 46.1 Å². The molecule has 10 heavy (non-hydrogen) atoms. The second kappa shape index (κ2) is 2.54. The average Bonchev–Trinajstić information content (AvgIpc) is 2.13. The summed E-state index contributed by atoms with van der Waals surface area (Å²) in [6.45, 7) is 6.78.